The summed E-state index contributed by atoms with van der Waals surface area (Å²) in [6.45, 7) is 1.60. The Labute approximate surface area is 119 Å². The van der Waals surface area contributed by atoms with E-state index < -0.39 is 0 Å². The van der Waals surface area contributed by atoms with Crippen LogP contribution in [0, 0.1) is 6.92 Å². The second-order valence-electron chi connectivity index (χ2n) is 4.35. The van der Waals surface area contributed by atoms with E-state index in [1.54, 1.807) is 31.2 Å². The predicted molar refractivity (Wildman–Crippen MR) is 73.1 cm³/mol. The van der Waals surface area contributed by atoms with E-state index >= 15 is 0 Å². The first kappa shape index (κ1) is 12.6. The number of aryl methyl sites for hydroxylation is 1. The molecule has 1 aromatic carbocycles. The Bertz CT molecular complexity index is 762. The smallest absolute Gasteiger partial charge is 0.215 e. The minimum atomic E-state index is -0.360. The van der Waals surface area contributed by atoms with Crippen molar-refractivity contribution in [1.29, 1.82) is 0 Å². The molecule has 0 amide bonds. The third-order valence-corrected chi connectivity index (χ3v) is 3.18. The Morgan fingerprint density at radius 1 is 1.30 bits per heavy atom. The summed E-state index contributed by atoms with van der Waals surface area (Å²) in [5.74, 6) is -0.351. The molecule has 0 atom stereocenters. The number of nitrogens with one attached hydrogen (secondary N) is 1. The quantitative estimate of drug-likeness (QED) is 0.919. The molecule has 1 heterocycles. The summed E-state index contributed by atoms with van der Waals surface area (Å²) in [5.41, 5.74) is 1.07. The Balaban J connectivity index is 1.97. The molecular weight excluding hydrogens is 280 g/mol. The molecule has 1 aliphatic rings. The lowest BCUT2D eigenvalue weighted by Gasteiger charge is -2.13. The van der Waals surface area contributed by atoms with Gasteiger partial charge in [0.25, 0.3) is 0 Å². The molecule has 0 bridgehead atoms. The second-order valence-corrected chi connectivity index (χ2v) is 4.79. The number of rotatable bonds is 2. The van der Waals surface area contributed by atoms with Crippen LogP contribution in [-0.2, 0) is 0 Å². The lowest BCUT2D eigenvalue weighted by molar-refractivity contribution is 0.0982. The topological polar surface area (TPSA) is 72.2 Å². The summed E-state index contributed by atoms with van der Waals surface area (Å²) in [6.07, 6.45) is 1.22. The van der Waals surface area contributed by atoms with Gasteiger partial charge in [-0.05, 0) is 25.1 Å². The number of anilines is 1. The average molecular weight is 289 g/mol. The van der Waals surface area contributed by atoms with Gasteiger partial charge in [-0.15, -0.1) is 0 Å². The minimum Gasteiger partial charge on any atom is -0.360 e. The van der Waals surface area contributed by atoms with Crippen molar-refractivity contribution in [1.82, 2.24) is 5.16 Å². The van der Waals surface area contributed by atoms with E-state index in [2.05, 4.69) is 10.5 Å². The first-order chi connectivity index (χ1) is 9.56. The number of aromatic nitrogens is 1. The van der Waals surface area contributed by atoms with Gasteiger partial charge >= 0.3 is 0 Å². The zero-order valence-corrected chi connectivity index (χ0v) is 11.2. The third kappa shape index (κ3) is 2.02. The largest absolute Gasteiger partial charge is 0.360 e. The number of allylic oxidation sites excluding steroid dienone is 2. The molecular formula is C14H9ClN2O3. The molecule has 5 nitrogen and oxygen atoms in total. The molecule has 0 radical (unpaired) electrons. The molecule has 1 N–H and O–H groups in total. The van der Waals surface area contributed by atoms with Crippen molar-refractivity contribution in [3.05, 3.63) is 58.1 Å². The maximum atomic E-state index is 12.3. The van der Waals surface area contributed by atoms with Crippen LogP contribution in [0.3, 0.4) is 0 Å². The molecule has 0 unspecified atom stereocenters. The van der Waals surface area contributed by atoms with Gasteiger partial charge in [0.1, 0.15) is 5.76 Å². The third-order valence-electron chi connectivity index (χ3n) is 2.95. The highest BCUT2D eigenvalue weighted by Crippen LogP contribution is 2.25. The van der Waals surface area contributed by atoms with Crippen molar-refractivity contribution in [2.24, 2.45) is 0 Å². The van der Waals surface area contributed by atoms with Crippen LogP contribution in [0.25, 0.3) is 0 Å². The molecule has 3 rings (SSSR count). The molecule has 1 aromatic heterocycles. The maximum Gasteiger partial charge on any atom is 0.215 e. The fourth-order valence-corrected chi connectivity index (χ4v) is 2.21. The second kappa shape index (κ2) is 4.61. The number of fused-ring (bicyclic) bond motifs is 1. The zero-order valence-electron chi connectivity index (χ0n) is 10.4. The van der Waals surface area contributed by atoms with Gasteiger partial charge in [-0.2, -0.15) is 0 Å². The van der Waals surface area contributed by atoms with Crippen molar-refractivity contribution >= 4 is 28.9 Å². The van der Waals surface area contributed by atoms with E-state index in [1.807, 2.05) is 0 Å². The lowest BCUT2D eigenvalue weighted by atomic mass is 9.97. The molecule has 0 saturated heterocycles. The zero-order chi connectivity index (χ0) is 14.3. The van der Waals surface area contributed by atoms with Gasteiger partial charge in [0, 0.05) is 16.8 Å². The van der Waals surface area contributed by atoms with E-state index in [9.17, 15) is 9.59 Å². The number of carbonyl (C=O) groups excluding carboxylic acids is 2. The summed E-state index contributed by atoms with van der Waals surface area (Å²) in [7, 11) is 0. The first-order valence-corrected chi connectivity index (χ1v) is 6.23. The van der Waals surface area contributed by atoms with Crippen LogP contribution in [0.1, 0.15) is 26.6 Å². The van der Waals surface area contributed by atoms with Gasteiger partial charge in [-0.3, -0.25) is 9.59 Å². The van der Waals surface area contributed by atoms with E-state index in [1.165, 1.54) is 6.08 Å². The number of halogens is 1. The van der Waals surface area contributed by atoms with Crippen molar-refractivity contribution < 1.29 is 14.1 Å². The van der Waals surface area contributed by atoms with Gasteiger partial charge < -0.3 is 9.84 Å². The van der Waals surface area contributed by atoms with Crippen LogP contribution in [0.5, 0.6) is 0 Å². The summed E-state index contributed by atoms with van der Waals surface area (Å²) in [5, 5.41) is 7.04. The normalized spacial score (nSPS) is 14.0. The Morgan fingerprint density at radius 2 is 2.10 bits per heavy atom. The van der Waals surface area contributed by atoms with E-state index in [4.69, 9.17) is 16.1 Å². The average Bonchev–Trinajstić information content (AvgIpc) is 2.78. The summed E-state index contributed by atoms with van der Waals surface area (Å²) >= 11 is 5.88. The molecule has 2 aromatic rings. The number of hydrogen-bond donors (Lipinski definition) is 1. The van der Waals surface area contributed by atoms with Crippen LogP contribution < -0.4 is 5.32 Å². The monoisotopic (exact) mass is 288 g/mol. The van der Waals surface area contributed by atoms with Gasteiger partial charge in [-0.25, -0.2) is 0 Å². The summed E-state index contributed by atoms with van der Waals surface area (Å²) < 4.78 is 4.90. The van der Waals surface area contributed by atoms with Gasteiger partial charge in [-0.1, -0.05) is 22.8 Å². The summed E-state index contributed by atoms with van der Waals surface area (Å²) in [4.78, 5) is 24.2. The number of ketones is 2. The van der Waals surface area contributed by atoms with Crippen molar-refractivity contribution in [3.8, 4) is 0 Å². The lowest BCUT2D eigenvalue weighted by Crippen LogP contribution is -2.21. The highest BCUT2D eigenvalue weighted by molar-refractivity contribution is 6.31. The molecule has 0 spiro atoms. The van der Waals surface area contributed by atoms with Crippen molar-refractivity contribution in [2.45, 2.75) is 6.92 Å². The molecule has 0 saturated carbocycles. The number of nitrogens with zero attached hydrogens (tertiary/aromatic N) is 1. The van der Waals surface area contributed by atoms with E-state index in [-0.39, 0.29) is 28.5 Å². The fraction of sp³-hybridized carbons (Fsp3) is 0.0714. The predicted octanol–water partition coefficient (Wildman–Crippen LogP) is 3.01. The van der Waals surface area contributed by atoms with E-state index in [0.717, 1.165) is 0 Å². The highest BCUT2D eigenvalue weighted by atomic mass is 35.5. The van der Waals surface area contributed by atoms with Crippen LogP contribution in [0.2, 0.25) is 5.02 Å². The number of Topliss-reactive ketones (excluding diaryl/α,β-unsaturated/α-hetero) is 1. The minimum absolute atomic E-state index is 0.0594. The fourth-order valence-electron chi connectivity index (χ4n) is 2.02. The molecule has 0 aliphatic heterocycles. The van der Waals surface area contributed by atoms with Crippen LogP contribution in [-0.4, -0.2) is 16.7 Å². The maximum absolute atomic E-state index is 12.3. The van der Waals surface area contributed by atoms with Crippen molar-refractivity contribution in [3.63, 3.8) is 0 Å². The van der Waals surface area contributed by atoms with Crippen LogP contribution in [0.4, 0.5) is 5.69 Å². The molecule has 1 aliphatic carbocycles. The first-order valence-electron chi connectivity index (χ1n) is 5.86. The van der Waals surface area contributed by atoms with Gasteiger partial charge in [0.05, 0.1) is 11.3 Å². The number of hydrogen-bond acceptors (Lipinski definition) is 5. The van der Waals surface area contributed by atoms with Gasteiger partial charge in [0.2, 0.25) is 11.6 Å². The molecule has 0 fully saturated rings. The van der Waals surface area contributed by atoms with Crippen LogP contribution >= 0.6 is 11.6 Å². The van der Waals surface area contributed by atoms with Crippen LogP contribution in [0.15, 0.2) is 40.6 Å². The molecule has 6 heteroatoms. The Hall–Kier alpha value is -2.40. The Kier molecular flexibility index (Phi) is 2.91. The molecule has 100 valence electrons. The SMILES string of the molecule is Cc1onc2c1C(=O)C(Nc1cccc(Cl)c1)=CC2=O. The number of carbonyl (C=O) groups is 2. The molecule has 20 heavy (non-hydrogen) atoms. The standard InChI is InChI=1S/C14H9ClN2O3/c1-7-12-13(17-20-7)11(18)6-10(14(12)19)16-9-4-2-3-8(15)5-9/h2-6,16H,1H3. The number of benzene rings is 1. The van der Waals surface area contributed by atoms with Gasteiger partial charge in [0.15, 0.2) is 5.69 Å². The summed E-state index contributed by atoms with van der Waals surface area (Å²) in [6, 6.07) is 6.88. The Morgan fingerprint density at radius 3 is 2.85 bits per heavy atom. The van der Waals surface area contributed by atoms with E-state index in [0.29, 0.717) is 16.5 Å². The van der Waals surface area contributed by atoms with Crippen molar-refractivity contribution in [2.75, 3.05) is 5.32 Å². The highest BCUT2D eigenvalue weighted by Gasteiger charge is 2.31.